The number of primary amides is 1. The molecule has 1 amide bonds. The van der Waals surface area contributed by atoms with Gasteiger partial charge in [-0.05, 0) is 48.2 Å². The van der Waals surface area contributed by atoms with E-state index in [-0.39, 0.29) is 19.6 Å². The predicted molar refractivity (Wildman–Crippen MR) is 130 cm³/mol. The van der Waals surface area contributed by atoms with Crippen molar-refractivity contribution in [2.75, 3.05) is 23.5 Å². The lowest BCUT2D eigenvalue weighted by Gasteiger charge is -2.14. The number of nitrogens with zero attached hydrogens (tertiary/aromatic N) is 1. The van der Waals surface area contributed by atoms with E-state index in [0.717, 1.165) is 23.6 Å². The molecular weight excluding hydrogens is 478 g/mol. The number of aryl methyl sites for hydroxylation is 1. The lowest BCUT2D eigenvalue weighted by Crippen LogP contribution is -2.15. The van der Waals surface area contributed by atoms with E-state index in [2.05, 4.69) is 15.6 Å². The second kappa shape index (κ2) is 11.7. The van der Waals surface area contributed by atoms with Crippen LogP contribution in [0.5, 0.6) is 0 Å². The van der Waals surface area contributed by atoms with E-state index in [1.54, 1.807) is 6.07 Å². The molecule has 3 rings (SSSR count). The minimum Gasteiger partial charge on any atom is -0.381 e. The van der Waals surface area contributed by atoms with Crippen molar-refractivity contribution in [3.05, 3.63) is 83.1 Å². The molecule has 0 aliphatic rings. The summed E-state index contributed by atoms with van der Waals surface area (Å²) < 4.78 is 53.7. The van der Waals surface area contributed by atoms with Crippen molar-refractivity contribution >= 4 is 33.2 Å². The second-order valence-corrected chi connectivity index (χ2v) is 9.60. The highest BCUT2D eigenvalue weighted by Gasteiger charge is 2.10. The molecule has 0 radical (unpaired) electrons. The molecule has 4 N–H and O–H groups in total. The number of halogens is 2. The highest BCUT2D eigenvalue weighted by atomic mass is 32.2. The molecule has 2 aromatic carbocycles. The van der Waals surface area contributed by atoms with Crippen molar-refractivity contribution in [3.8, 4) is 0 Å². The Labute approximate surface area is 202 Å². The Morgan fingerprint density at radius 3 is 2.37 bits per heavy atom. The summed E-state index contributed by atoms with van der Waals surface area (Å²) in [5, 5.41) is 6.25. The van der Waals surface area contributed by atoms with Crippen LogP contribution < -0.4 is 16.4 Å². The second-order valence-electron chi connectivity index (χ2n) is 7.95. The van der Waals surface area contributed by atoms with E-state index >= 15 is 0 Å². The monoisotopic (exact) mass is 504 g/mol. The summed E-state index contributed by atoms with van der Waals surface area (Å²) in [6.45, 7) is 0.250. The number of hydrogen-bond donors (Lipinski definition) is 3. The summed E-state index contributed by atoms with van der Waals surface area (Å²) in [6, 6.07) is 12.4. The van der Waals surface area contributed by atoms with Crippen LogP contribution in [-0.2, 0) is 38.5 Å². The zero-order valence-electron chi connectivity index (χ0n) is 19.1. The van der Waals surface area contributed by atoms with Crippen LogP contribution >= 0.6 is 0 Å². The summed E-state index contributed by atoms with van der Waals surface area (Å²) in [5.74, 6) is -1.41. The van der Waals surface area contributed by atoms with Gasteiger partial charge in [-0.2, -0.15) is 8.42 Å². The maximum absolute atomic E-state index is 13.5. The van der Waals surface area contributed by atoms with Crippen LogP contribution in [0.3, 0.4) is 0 Å². The Balaban J connectivity index is 1.67. The van der Waals surface area contributed by atoms with Gasteiger partial charge in [0, 0.05) is 41.8 Å². The molecule has 3 aromatic rings. The zero-order chi connectivity index (χ0) is 25.4. The number of benzene rings is 2. The summed E-state index contributed by atoms with van der Waals surface area (Å²) in [7, 11) is -3.44. The molecule has 0 fully saturated rings. The minimum absolute atomic E-state index is 0.0507. The molecular formula is C24H26F2N4O4S. The Morgan fingerprint density at radius 2 is 1.74 bits per heavy atom. The smallest absolute Gasteiger partial charge is 0.264 e. The van der Waals surface area contributed by atoms with E-state index < -0.39 is 27.7 Å². The fraction of sp³-hybridized carbons (Fsp3) is 0.250. The number of aromatic nitrogens is 1. The average molecular weight is 505 g/mol. The molecule has 0 aliphatic carbocycles. The lowest BCUT2D eigenvalue weighted by molar-refractivity contribution is -0.117. The summed E-state index contributed by atoms with van der Waals surface area (Å²) in [4.78, 5) is 15.8. The van der Waals surface area contributed by atoms with E-state index in [0.29, 0.717) is 35.5 Å². The molecule has 35 heavy (non-hydrogen) atoms. The normalized spacial score (nSPS) is 11.3. The Bertz CT molecular complexity index is 1260. The number of carbonyl (C=O) groups is 1. The van der Waals surface area contributed by atoms with E-state index in [9.17, 15) is 22.0 Å². The third-order valence-corrected chi connectivity index (χ3v) is 5.48. The molecule has 1 aromatic heterocycles. The average Bonchev–Trinajstić information content (AvgIpc) is 2.76. The molecule has 0 aliphatic heterocycles. The number of carbonyl (C=O) groups excluding carboxylic acids is 1. The fourth-order valence-electron chi connectivity index (χ4n) is 3.34. The van der Waals surface area contributed by atoms with Crippen molar-refractivity contribution in [1.82, 2.24) is 4.98 Å². The first kappa shape index (κ1) is 26.0. The van der Waals surface area contributed by atoms with Gasteiger partial charge >= 0.3 is 0 Å². The van der Waals surface area contributed by atoms with Crippen molar-refractivity contribution in [2.24, 2.45) is 5.73 Å². The zero-order valence-corrected chi connectivity index (χ0v) is 19.9. The summed E-state index contributed by atoms with van der Waals surface area (Å²) in [5.41, 5.74) is 8.61. The number of anilines is 3. The van der Waals surface area contributed by atoms with Crippen LogP contribution in [0.1, 0.15) is 23.1 Å². The molecule has 11 heteroatoms. The van der Waals surface area contributed by atoms with Crippen molar-refractivity contribution < 1.29 is 26.2 Å². The topological polar surface area (TPSA) is 123 Å². The van der Waals surface area contributed by atoms with Gasteiger partial charge in [-0.25, -0.2) is 13.8 Å². The number of nitrogens with one attached hydrogen (secondary N) is 2. The quantitative estimate of drug-likeness (QED) is 0.254. The molecule has 0 unspecified atom stereocenters. The highest BCUT2D eigenvalue weighted by Crippen LogP contribution is 2.23. The van der Waals surface area contributed by atoms with Gasteiger partial charge in [0.05, 0.1) is 19.3 Å². The van der Waals surface area contributed by atoms with Gasteiger partial charge in [-0.3, -0.25) is 8.98 Å². The van der Waals surface area contributed by atoms with Crippen LogP contribution in [0.2, 0.25) is 0 Å². The molecule has 0 atom stereocenters. The van der Waals surface area contributed by atoms with Gasteiger partial charge in [0.15, 0.2) is 0 Å². The number of rotatable bonds is 12. The van der Waals surface area contributed by atoms with E-state index in [1.165, 1.54) is 18.3 Å². The minimum atomic E-state index is -3.44. The molecule has 0 spiro atoms. The maximum Gasteiger partial charge on any atom is 0.264 e. The number of amides is 1. The van der Waals surface area contributed by atoms with Crippen molar-refractivity contribution in [1.29, 1.82) is 0 Å². The van der Waals surface area contributed by atoms with Crippen LogP contribution in [0.15, 0.2) is 54.7 Å². The Kier molecular flexibility index (Phi) is 8.72. The standard InChI is InChI=1S/C24H26F2N4O4S/c1-35(32,33)34-8-2-3-16-4-6-21(7-5-16)30-24-13-22(18(15-29-24)11-23(27)31)28-14-17-9-19(25)12-20(26)10-17/h4-7,9-10,12-13,15H,2-3,8,11,14H2,1H3,(H2,27,31)(H2,28,29,30). The molecule has 1 heterocycles. The first-order chi connectivity index (χ1) is 16.6. The van der Waals surface area contributed by atoms with Gasteiger partial charge in [0.25, 0.3) is 10.1 Å². The fourth-order valence-corrected chi connectivity index (χ4v) is 3.77. The van der Waals surface area contributed by atoms with Crippen molar-refractivity contribution in [2.45, 2.75) is 25.8 Å². The first-order valence-electron chi connectivity index (χ1n) is 10.7. The molecule has 0 saturated carbocycles. The third kappa shape index (κ3) is 8.95. The lowest BCUT2D eigenvalue weighted by atomic mass is 10.1. The van der Waals surface area contributed by atoms with Crippen LogP contribution in [0.4, 0.5) is 26.0 Å². The molecule has 0 bridgehead atoms. The summed E-state index contributed by atoms with van der Waals surface area (Å²) in [6.07, 6.45) is 3.70. The highest BCUT2D eigenvalue weighted by molar-refractivity contribution is 7.85. The Hall–Kier alpha value is -3.57. The number of hydrogen-bond acceptors (Lipinski definition) is 7. The van der Waals surface area contributed by atoms with Gasteiger partial charge < -0.3 is 16.4 Å². The maximum atomic E-state index is 13.5. The van der Waals surface area contributed by atoms with E-state index in [1.807, 2.05) is 24.3 Å². The SMILES string of the molecule is CS(=O)(=O)OCCCc1ccc(Nc2cc(NCc3cc(F)cc(F)c3)c(CC(N)=O)cn2)cc1. The van der Waals surface area contributed by atoms with Gasteiger partial charge in [0.2, 0.25) is 5.91 Å². The third-order valence-electron chi connectivity index (χ3n) is 4.89. The number of pyridine rings is 1. The van der Waals surface area contributed by atoms with Gasteiger partial charge in [0.1, 0.15) is 17.5 Å². The summed E-state index contributed by atoms with van der Waals surface area (Å²) >= 11 is 0. The van der Waals surface area contributed by atoms with Gasteiger partial charge in [-0.1, -0.05) is 12.1 Å². The van der Waals surface area contributed by atoms with Gasteiger partial charge in [-0.15, -0.1) is 0 Å². The molecule has 186 valence electrons. The van der Waals surface area contributed by atoms with Crippen molar-refractivity contribution in [3.63, 3.8) is 0 Å². The number of nitrogens with two attached hydrogens (primary N) is 1. The Morgan fingerprint density at radius 1 is 1.06 bits per heavy atom. The molecule has 0 saturated heterocycles. The predicted octanol–water partition coefficient (Wildman–Crippen LogP) is 3.65. The largest absolute Gasteiger partial charge is 0.381 e. The molecule has 8 nitrogen and oxygen atoms in total. The van der Waals surface area contributed by atoms with E-state index in [4.69, 9.17) is 9.92 Å². The van der Waals surface area contributed by atoms with Crippen LogP contribution in [0.25, 0.3) is 0 Å². The van der Waals surface area contributed by atoms with Crippen LogP contribution in [0, 0.1) is 11.6 Å². The van der Waals surface area contributed by atoms with Crippen LogP contribution in [-0.4, -0.2) is 32.2 Å². The first-order valence-corrected chi connectivity index (χ1v) is 12.6.